The van der Waals surface area contributed by atoms with Gasteiger partial charge in [-0.3, -0.25) is 19.3 Å². The van der Waals surface area contributed by atoms with E-state index < -0.39 is 0 Å². The Bertz CT molecular complexity index is 904. The van der Waals surface area contributed by atoms with E-state index in [4.69, 9.17) is 4.74 Å². The number of likely N-dealkylation sites (tertiary alicyclic amines) is 1. The summed E-state index contributed by atoms with van der Waals surface area (Å²) in [5.74, 6) is -0.0228. The van der Waals surface area contributed by atoms with Crippen molar-refractivity contribution >= 4 is 23.4 Å². The van der Waals surface area contributed by atoms with E-state index in [9.17, 15) is 14.4 Å². The van der Waals surface area contributed by atoms with Crippen molar-refractivity contribution in [1.29, 1.82) is 0 Å². The highest BCUT2D eigenvalue weighted by Gasteiger charge is 2.31. The Kier molecular flexibility index (Phi) is 6.23. The Balaban J connectivity index is 1.29. The van der Waals surface area contributed by atoms with Crippen LogP contribution in [-0.2, 0) is 20.9 Å². The SMILES string of the molecule is O=C(c1cccc(N2C(=O)CCC2=O)c1)N1CCC(COCc2ccccc2)CC1. The van der Waals surface area contributed by atoms with Gasteiger partial charge in [-0.15, -0.1) is 0 Å². The number of piperidine rings is 1. The Morgan fingerprint density at radius 2 is 1.63 bits per heavy atom. The molecule has 6 nitrogen and oxygen atoms in total. The van der Waals surface area contributed by atoms with Crippen molar-refractivity contribution in [2.75, 3.05) is 24.6 Å². The van der Waals surface area contributed by atoms with Crippen LogP contribution in [0.15, 0.2) is 54.6 Å². The minimum Gasteiger partial charge on any atom is -0.376 e. The largest absolute Gasteiger partial charge is 0.376 e. The van der Waals surface area contributed by atoms with Crippen molar-refractivity contribution in [1.82, 2.24) is 4.90 Å². The zero-order valence-corrected chi connectivity index (χ0v) is 17.0. The molecule has 2 fully saturated rings. The van der Waals surface area contributed by atoms with E-state index in [2.05, 4.69) is 12.1 Å². The number of imide groups is 1. The molecule has 2 saturated heterocycles. The first kappa shape index (κ1) is 20.3. The van der Waals surface area contributed by atoms with E-state index in [1.54, 1.807) is 24.3 Å². The van der Waals surface area contributed by atoms with Gasteiger partial charge in [0.25, 0.3) is 5.91 Å². The molecule has 3 amide bonds. The first-order valence-corrected chi connectivity index (χ1v) is 10.5. The number of amides is 3. The summed E-state index contributed by atoms with van der Waals surface area (Å²) in [5.41, 5.74) is 2.16. The first-order valence-electron chi connectivity index (χ1n) is 10.5. The number of hydrogen-bond donors (Lipinski definition) is 0. The summed E-state index contributed by atoms with van der Waals surface area (Å²) in [4.78, 5) is 39.9. The maximum absolute atomic E-state index is 12.9. The number of anilines is 1. The summed E-state index contributed by atoms with van der Waals surface area (Å²) in [7, 11) is 0. The molecule has 30 heavy (non-hydrogen) atoms. The molecule has 2 aromatic carbocycles. The molecule has 0 saturated carbocycles. The van der Waals surface area contributed by atoms with E-state index in [1.165, 1.54) is 10.5 Å². The summed E-state index contributed by atoms with van der Waals surface area (Å²) < 4.78 is 5.86. The topological polar surface area (TPSA) is 66.9 Å². The van der Waals surface area contributed by atoms with Gasteiger partial charge in [-0.05, 0) is 42.5 Å². The molecule has 0 spiro atoms. The summed E-state index contributed by atoms with van der Waals surface area (Å²) in [6, 6.07) is 16.9. The predicted octanol–water partition coefficient (Wildman–Crippen LogP) is 3.41. The van der Waals surface area contributed by atoms with Crippen LogP contribution in [0.4, 0.5) is 5.69 Å². The van der Waals surface area contributed by atoms with Gasteiger partial charge < -0.3 is 9.64 Å². The van der Waals surface area contributed by atoms with Gasteiger partial charge in [-0.2, -0.15) is 0 Å². The highest BCUT2D eigenvalue weighted by molar-refractivity contribution is 6.20. The highest BCUT2D eigenvalue weighted by Crippen LogP contribution is 2.25. The monoisotopic (exact) mass is 406 g/mol. The van der Waals surface area contributed by atoms with Crippen LogP contribution in [0.1, 0.15) is 41.6 Å². The fraction of sp³-hybridized carbons (Fsp3) is 0.375. The standard InChI is InChI=1S/C24H26N2O4/c27-22-9-10-23(28)26(22)21-8-4-7-20(15-21)24(29)25-13-11-19(12-14-25)17-30-16-18-5-2-1-3-6-18/h1-8,15,19H,9-14,16-17H2. The van der Waals surface area contributed by atoms with Gasteiger partial charge in [0.2, 0.25) is 11.8 Å². The van der Waals surface area contributed by atoms with E-state index in [1.807, 2.05) is 23.1 Å². The quantitative estimate of drug-likeness (QED) is 0.690. The molecule has 2 aromatic rings. The van der Waals surface area contributed by atoms with Gasteiger partial charge in [0.15, 0.2) is 0 Å². The summed E-state index contributed by atoms with van der Waals surface area (Å²) in [5, 5.41) is 0. The van der Waals surface area contributed by atoms with Crippen molar-refractivity contribution in [3.8, 4) is 0 Å². The van der Waals surface area contributed by atoms with Crippen molar-refractivity contribution in [3.05, 3.63) is 65.7 Å². The number of nitrogens with zero attached hydrogens (tertiary/aromatic N) is 2. The number of ether oxygens (including phenoxy) is 1. The van der Waals surface area contributed by atoms with E-state index in [-0.39, 0.29) is 30.6 Å². The molecule has 0 radical (unpaired) electrons. The number of rotatable bonds is 6. The Labute approximate surface area is 176 Å². The minimum atomic E-state index is -0.207. The van der Waals surface area contributed by atoms with Crippen LogP contribution in [0, 0.1) is 5.92 Å². The molecule has 2 aliphatic rings. The molecule has 0 bridgehead atoms. The van der Waals surface area contributed by atoms with Gasteiger partial charge in [0.1, 0.15) is 0 Å². The molecule has 6 heteroatoms. The average molecular weight is 406 g/mol. The summed E-state index contributed by atoms with van der Waals surface area (Å²) in [6.45, 7) is 2.68. The molecule has 0 atom stereocenters. The van der Waals surface area contributed by atoms with Crippen molar-refractivity contribution < 1.29 is 19.1 Å². The summed E-state index contributed by atoms with van der Waals surface area (Å²) >= 11 is 0. The van der Waals surface area contributed by atoms with Gasteiger partial charge in [-0.25, -0.2) is 0 Å². The maximum atomic E-state index is 12.9. The van der Waals surface area contributed by atoms with Crippen molar-refractivity contribution in [2.45, 2.75) is 32.3 Å². The Hall–Kier alpha value is -2.99. The molecule has 0 unspecified atom stereocenters. The molecule has 0 N–H and O–H groups in total. The molecule has 156 valence electrons. The fourth-order valence-corrected chi connectivity index (χ4v) is 4.05. The van der Waals surface area contributed by atoms with E-state index in [0.29, 0.717) is 43.5 Å². The van der Waals surface area contributed by atoms with Crippen LogP contribution in [0.2, 0.25) is 0 Å². The van der Waals surface area contributed by atoms with Crippen LogP contribution in [0.3, 0.4) is 0 Å². The lowest BCUT2D eigenvalue weighted by Crippen LogP contribution is -2.39. The van der Waals surface area contributed by atoms with Crippen molar-refractivity contribution in [2.24, 2.45) is 5.92 Å². The number of benzene rings is 2. The normalized spacial score (nSPS) is 17.6. The molecule has 2 heterocycles. The van der Waals surface area contributed by atoms with Crippen LogP contribution in [0.25, 0.3) is 0 Å². The lowest BCUT2D eigenvalue weighted by molar-refractivity contribution is -0.121. The zero-order chi connectivity index (χ0) is 20.9. The van der Waals surface area contributed by atoms with Gasteiger partial charge >= 0.3 is 0 Å². The first-order chi connectivity index (χ1) is 14.6. The highest BCUT2D eigenvalue weighted by atomic mass is 16.5. The van der Waals surface area contributed by atoms with Crippen LogP contribution < -0.4 is 4.90 Å². The molecule has 0 aliphatic carbocycles. The molecular formula is C24H26N2O4. The molecule has 0 aromatic heterocycles. The third kappa shape index (κ3) is 4.60. The second-order valence-electron chi connectivity index (χ2n) is 7.91. The van der Waals surface area contributed by atoms with E-state index in [0.717, 1.165) is 12.8 Å². The van der Waals surface area contributed by atoms with Gasteiger partial charge in [-0.1, -0.05) is 36.4 Å². The Morgan fingerprint density at radius 3 is 2.33 bits per heavy atom. The fourth-order valence-electron chi connectivity index (χ4n) is 4.05. The predicted molar refractivity (Wildman–Crippen MR) is 113 cm³/mol. The third-order valence-corrected chi connectivity index (χ3v) is 5.77. The molecule has 2 aliphatic heterocycles. The third-order valence-electron chi connectivity index (χ3n) is 5.77. The van der Waals surface area contributed by atoms with E-state index >= 15 is 0 Å². The Morgan fingerprint density at radius 1 is 0.933 bits per heavy atom. The summed E-state index contributed by atoms with van der Waals surface area (Å²) in [6.07, 6.45) is 2.28. The smallest absolute Gasteiger partial charge is 0.253 e. The van der Waals surface area contributed by atoms with Gasteiger partial charge in [0, 0.05) is 38.1 Å². The van der Waals surface area contributed by atoms with Crippen LogP contribution >= 0.6 is 0 Å². The lowest BCUT2D eigenvalue weighted by atomic mass is 9.97. The number of carbonyl (C=O) groups is 3. The van der Waals surface area contributed by atoms with Crippen LogP contribution in [-0.4, -0.2) is 42.3 Å². The molecule has 4 rings (SSSR count). The molecular weight excluding hydrogens is 380 g/mol. The number of hydrogen-bond acceptors (Lipinski definition) is 4. The van der Waals surface area contributed by atoms with Gasteiger partial charge in [0.05, 0.1) is 12.3 Å². The maximum Gasteiger partial charge on any atom is 0.253 e. The minimum absolute atomic E-state index is 0.0559. The second-order valence-corrected chi connectivity index (χ2v) is 7.91. The van der Waals surface area contributed by atoms with Crippen molar-refractivity contribution in [3.63, 3.8) is 0 Å². The van der Waals surface area contributed by atoms with Crippen LogP contribution in [0.5, 0.6) is 0 Å². The average Bonchev–Trinajstić information content (AvgIpc) is 3.12. The lowest BCUT2D eigenvalue weighted by Gasteiger charge is -2.32. The second kappa shape index (κ2) is 9.22. The zero-order valence-electron chi connectivity index (χ0n) is 17.0. The number of carbonyl (C=O) groups excluding carboxylic acids is 3.